The number of carbonyl (C=O) groups excluding carboxylic acids is 1. The van der Waals surface area contributed by atoms with Gasteiger partial charge in [-0.15, -0.1) is 0 Å². The van der Waals surface area contributed by atoms with Crippen LogP contribution in [0, 0.1) is 5.92 Å². The Morgan fingerprint density at radius 2 is 1.60 bits per heavy atom. The van der Waals surface area contributed by atoms with Gasteiger partial charge in [0.25, 0.3) is 0 Å². The molecule has 0 aliphatic carbocycles. The molecule has 0 aliphatic rings. The largest absolute Gasteiger partial charge is 1.00 e. The van der Waals surface area contributed by atoms with Crippen molar-refractivity contribution in [2.24, 2.45) is 11.7 Å². The van der Waals surface area contributed by atoms with Crippen molar-refractivity contribution in [2.45, 2.75) is 77.7 Å². The van der Waals surface area contributed by atoms with Crippen LogP contribution in [0.1, 0.15) is 73.1 Å². The van der Waals surface area contributed by atoms with Gasteiger partial charge in [0.05, 0.1) is 0 Å². The molecule has 0 radical (unpaired) electrons. The fourth-order valence-electron chi connectivity index (χ4n) is 2.11. The zero-order chi connectivity index (χ0) is 14.7. The van der Waals surface area contributed by atoms with Gasteiger partial charge in [0.1, 0.15) is 11.8 Å². The number of aliphatic carboxylic acids is 1. The summed E-state index contributed by atoms with van der Waals surface area (Å²) < 4.78 is 0. The molecular weight excluding hydrogens is 265 g/mol. The molecule has 0 aromatic rings. The molecule has 0 aromatic carbocycles. The number of hydrogen-bond donors (Lipinski definition) is 2. The minimum absolute atomic E-state index is 0. The third kappa shape index (κ3) is 11.9. The molecular formula is C15H30NNaO3. The van der Waals surface area contributed by atoms with Crippen molar-refractivity contribution in [2.75, 3.05) is 0 Å². The van der Waals surface area contributed by atoms with Crippen LogP contribution in [0.3, 0.4) is 0 Å². The molecule has 0 amide bonds. The smallest absolute Gasteiger partial charge is 1.00 e. The van der Waals surface area contributed by atoms with E-state index in [2.05, 4.69) is 6.92 Å². The number of unbranched alkanes of at least 4 members (excludes halogenated alkanes) is 6. The van der Waals surface area contributed by atoms with Crippen LogP contribution in [-0.4, -0.2) is 22.9 Å². The SMILES string of the molecule is CCCCCCCCCC(=O)CC(C)[C@H](N)C(=O)O.[H-].[Na+]. The Labute approximate surface area is 146 Å². The first-order valence-corrected chi connectivity index (χ1v) is 7.49. The molecule has 0 fully saturated rings. The van der Waals surface area contributed by atoms with Gasteiger partial charge in [-0.3, -0.25) is 9.59 Å². The molecule has 3 N–H and O–H groups in total. The van der Waals surface area contributed by atoms with E-state index >= 15 is 0 Å². The van der Waals surface area contributed by atoms with Crippen molar-refractivity contribution < 1.29 is 45.7 Å². The number of ketones is 1. The third-order valence-electron chi connectivity index (χ3n) is 3.51. The Kier molecular flexibility index (Phi) is 15.7. The van der Waals surface area contributed by atoms with E-state index in [-0.39, 0.29) is 49.1 Å². The number of hydrogen-bond acceptors (Lipinski definition) is 3. The molecule has 2 atom stereocenters. The number of nitrogens with two attached hydrogens (primary N) is 1. The van der Waals surface area contributed by atoms with Gasteiger partial charge >= 0.3 is 35.5 Å². The third-order valence-corrected chi connectivity index (χ3v) is 3.51. The van der Waals surface area contributed by atoms with Crippen molar-refractivity contribution in [1.82, 2.24) is 0 Å². The predicted octanol–water partition coefficient (Wildman–Crippen LogP) is 0.251. The molecule has 20 heavy (non-hydrogen) atoms. The van der Waals surface area contributed by atoms with Crippen LogP contribution in [0.25, 0.3) is 0 Å². The van der Waals surface area contributed by atoms with Gasteiger partial charge in [-0.05, 0) is 12.3 Å². The van der Waals surface area contributed by atoms with Crippen molar-refractivity contribution in [3.05, 3.63) is 0 Å². The predicted molar refractivity (Wildman–Crippen MR) is 78.1 cm³/mol. The van der Waals surface area contributed by atoms with Crippen molar-refractivity contribution >= 4 is 11.8 Å². The van der Waals surface area contributed by atoms with Gasteiger partial charge < -0.3 is 12.3 Å². The number of Topliss-reactive ketones (excluding diaryl/α,β-unsaturated/α-hetero) is 1. The Balaban J connectivity index is -0.00000162. The Morgan fingerprint density at radius 1 is 1.10 bits per heavy atom. The van der Waals surface area contributed by atoms with Gasteiger partial charge in [-0.2, -0.15) is 0 Å². The van der Waals surface area contributed by atoms with E-state index in [0.29, 0.717) is 6.42 Å². The van der Waals surface area contributed by atoms with E-state index in [1.165, 1.54) is 32.1 Å². The average Bonchev–Trinajstić information content (AvgIpc) is 2.36. The van der Waals surface area contributed by atoms with Crippen LogP contribution in [0.4, 0.5) is 0 Å². The number of carboxylic acids is 1. The van der Waals surface area contributed by atoms with E-state index in [4.69, 9.17) is 10.8 Å². The van der Waals surface area contributed by atoms with Crippen LogP contribution in [0.5, 0.6) is 0 Å². The zero-order valence-corrected chi connectivity index (χ0v) is 15.4. The van der Waals surface area contributed by atoms with Crippen LogP contribution in [-0.2, 0) is 9.59 Å². The first kappa shape index (κ1) is 22.4. The maximum atomic E-state index is 11.7. The fourth-order valence-corrected chi connectivity index (χ4v) is 2.11. The average molecular weight is 295 g/mol. The maximum absolute atomic E-state index is 11.7. The molecule has 0 saturated carbocycles. The number of carboxylic acid groups (broad SMARTS) is 1. The monoisotopic (exact) mass is 295 g/mol. The summed E-state index contributed by atoms with van der Waals surface area (Å²) in [5.41, 5.74) is 5.48. The van der Waals surface area contributed by atoms with Crippen molar-refractivity contribution in [1.29, 1.82) is 0 Å². The normalized spacial score (nSPS) is 13.3. The van der Waals surface area contributed by atoms with Crippen LogP contribution >= 0.6 is 0 Å². The molecule has 0 aliphatic heterocycles. The van der Waals surface area contributed by atoms with E-state index in [0.717, 1.165) is 12.8 Å². The molecule has 4 nitrogen and oxygen atoms in total. The quantitative estimate of drug-likeness (QED) is 0.399. The minimum Gasteiger partial charge on any atom is -1.00 e. The van der Waals surface area contributed by atoms with Gasteiger partial charge in [0.15, 0.2) is 0 Å². The number of rotatable bonds is 12. The molecule has 0 rings (SSSR count). The van der Waals surface area contributed by atoms with Gasteiger partial charge in [-0.25, -0.2) is 0 Å². The standard InChI is InChI=1S/C15H29NO3.Na.H/c1-3-4-5-6-7-8-9-10-13(17)11-12(2)14(16)15(18)19;;/h12,14H,3-11,16H2,1-2H3,(H,18,19);;/q;+1;-1/t12?,14-;;/m0../s1. The second kappa shape index (κ2) is 14.1. The maximum Gasteiger partial charge on any atom is 1.00 e. The first-order valence-electron chi connectivity index (χ1n) is 7.49. The summed E-state index contributed by atoms with van der Waals surface area (Å²) in [5, 5.41) is 8.75. The van der Waals surface area contributed by atoms with E-state index < -0.39 is 12.0 Å². The van der Waals surface area contributed by atoms with Crippen LogP contribution in [0.15, 0.2) is 0 Å². The Hall–Kier alpha value is 0.100. The summed E-state index contributed by atoms with van der Waals surface area (Å²) in [6.07, 6.45) is 9.13. The van der Waals surface area contributed by atoms with Crippen LogP contribution < -0.4 is 35.3 Å². The fraction of sp³-hybridized carbons (Fsp3) is 0.867. The Bertz CT molecular complexity index is 278. The topological polar surface area (TPSA) is 80.4 Å². The summed E-state index contributed by atoms with van der Waals surface area (Å²) in [5.74, 6) is -1.18. The van der Waals surface area contributed by atoms with E-state index in [1.807, 2.05) is 0 Å². The summed E-state index contributed by atoms with van der Waals surface area (Å²) in [4.78, 5) is 22.3. The Morgan fingerprint density at radius 3 is 2.10 bits per heavy atom. The molecule has 0 bridgehead atoms. The first-order chi connectivity index (χ1) is 8.99. The van der Waals surface area contributed by atoms with Gasteiger partial charge in [0, 0.05) is 12.8 Å². The summed E-state index contributed by atoms with van der Waals surface area (Å²) >= 11 is 0. The molecule has 0 saturated heterocycles. The summed E-state index contributed by atoms with van der Waals surface area (Å²) in [6.45, 7) is 3.92. The molecule has 0 spiro atoms. The molecule has 114 valence electrons. The second-order valence-corrected chi connectivity index (χ2v) is 5.46. The minimum atomic E-state index is -1.03. The molecule has 1 unspecified atom stereocenters. The van der Waals surface area contributed by atoms with Crippen molar-refractivity contribution in [3.8, 4) is 0 Å². The van der Waals surface area contributed by atoms with Gasteiger partial charge in [0.2, 0.25) is 0 Å². The summed E-state index contributed by atoms with van der Waals surface area (Å²) in [7, 11) is 0. The van der Waals surface area contributed by atoms with Gasteiger partial charge in [-0.1, -0.05) is 52.4 Å². The molecule has 0 aromatic heterocycles. The zero-order valence-electron chi connectivity index (χ0n) is 14.4. The molecule has 0 heterocycles. The van der Waals surface area contributed by atoms with E-state index in [1.54, 1.807) is 6.92 Å². The second-order valence-electron chi connectivity index (χ2n) is 5.46. The summed E-state index contributed by atoms with van der Waals surface area (Å²) in [6, 6.07) is -0.932. The van der Waals surface area contributed by atoms with Crippen LogP contribution in [0.2, 0.25) is 0 Å². The van der Waals surface area contributed by atoms with E-state index in [9.17, 15) is 9.59 Å². The number of carbonyl (C=O) groups is 2. The molecule has 5 heteroatoms. The van der Waals surface area contributed by atoms with Crippen molar-refractivity contribution in [3.63, 3.8) is 0 Å².